The number of hydrogen-bond donors (Lipinski definition) is 1. The number of hydrogen-bond acceptors (Lipinski definition) is 7. The highest BCUT2D eigenvalue weighted by Gasteiger charge is 2.10. The Kier molecular flexibility index (Phi) is 10.7. The molecule has 1 aromatic carbocycles. The zero-order valence-corrected chi connectivity index (χ0v) is 15.4. The largest absolute Gasteiger partial charge is 0.496 e. The van der Waals surface area contributed by atoms with Gasteiger partial charge in [-0.1, -0.05) is 13.8 Å². The number of methoxy groups -OCH3 is 1. The first-order chi connectivity index (χ1) is 11.3. The Morgan fingerprint density at radius 1 is 1.29 bits per heavy atom. The topological polar surface area (TPSA) is 96.3 Å². The summed E-state index contributed by atoms with van der Waals surface area (Å²) in [6.07, 6.45) is 4.01. The lowest BCUT2D eigenvalue weighted by Crippen LogP contribution is -2.24. The molecule has 0 radical (unpaired) electrons. The van der Waals surface area contributed by atoms with Gasteiger partial charge in [-0.25, -0.2) is 8.42 Å². The maximum atomic E-state index is 11.1. The van der Waals surface area contributed by atoms with E-state index in [2.05, 4.69) is 23.9 Å². The van der Waals surface area contributed by atoms with E-state index >= 15 is 0 Å². The second-order valence-corrected chi connectivity index (χ2v) is 6.92. The van der Waals surface area contributed by atoms with Crippen LogP contribution in [0.5, 0.6) is 5.75 Å². The summed E-state index contributed by atoms with van der Waals surface area (Å²) in [4.78, 5) is 13.0. The minimum Gasteiger partial charge on any atom is -0.496 e. The molecule has 0 bridgehead atoms. The van der Waals surface area contributed by atoms with Crippen LogP contribution in [-0.4, -0.2) is 64.0 Å². The van der Waals surface area contributed by atoms with Crippen LogP contribution in [-0.2, 0) is 9.84 Å². The Morgan fingerprint density at radius 2 is 1.92 bits per heavy atom. The molecule has 7 nitrogen and oxygen atoms in total. The Morgan fingerprint density at radius 3 is 2.33 bits per heavy atom. The molecular formula is C16H26N2O5S. The van der Waals surface area contributed by atoms with Gasteiger partial charge in [-0.2, -0.15) is 0 Å². The Bertz CT molecular complexity index is 625. The van der Waals surface area contributed by atoms with Crippen molar-refractivity contribution < 1.29 is 23.2 Å². The van der Waals surface area contributed by atoms with Crippen LogP contribution in [0.15, 0.2) is 28.3 Å². The van der Waals surface area contributed by atoms with Crippen molar-refractivity contribution in [1.82, 2.24) is 4.90 Å². The molecule has 0 saturated heterocycles. The van der Waals surface area contributed by atoms with Crippen molar-refractivity contribution in [2.45, 2.75) is 25.2 Å². The molecule has 0 heterocycles. The normalized spacial score (nSPS) is 11.2. The number of rotatable bonds is 8. The summed E-state index contributed by atoms with van der Waals surface area (Å²) in [5.74, 6) is 0.368. The molecule has 0 saturated carbocycles. The molecule has 0 aliphatic rings. The summed E-state index contributed by atoms with van der Waals surface area (Å²) in [7, 11) is -1.86. The highest BCUT2D eigenvalue weighted by molar-refractivity contribution is 7.90. The minimum absolute atomic E-state index is 0.111. The molecule has 24 heavy (non-hydrogen) atoms. The van der Waals surface area contributed by atoms with E-state index in [4.69, 9.17) is 9.94 Å². The number of carbonyl (C=O) groups excluding carboxylic acids is 1. The monoisotopic (exact) mass is 358 g/mol. The number of aldehydes is 1. The summed E-state index contributed by atoms with van der Waals surface area (Å²) in [5.41, 5.74) is 0.232. The summed E-state index contributed by atoms with van der Waals surface area (Å²) in [6, 6.07) is 4.16. The highest BCUT2D eigenvalue weighted by atomic mass is 32.2. The molecule has 0 fully saturated rings. The first-order valence-electron chi connectivity index (χ1n) is 7.55. The average Bonchev–Trinajstić information content (AvgIpc) is 2.58. The molecule has 0 aromatic heterocycles. The van der Waals surface area contributed by atoms with Crippen LogP contribution in [0, 0.1) is 0 Å². The van der Waals surface area contributed by atoms with Crippen molar-refractivity contribution in [3.05, 3.63) is 23.8 Å². The number of oxime groups is 1. The third kappa shape index (κ3) is 8.07. The van der Waals surface area contributed by atoms with E-state index in [9.17, 15) is 13.2 Å². The highest BCUT2D eigenvalue weighted by Crippen LogP contribution is 2.20. The number of sulfone groups is 1. The third-order valence-electron chi connectivity index (χ3n) is 3.31. The molecule has 0 spiro atoms. The third-order valence-corrected chi connectivity index (χ3v) is 4.42. The number of carbonyl (C=O) groups is 1. The van der Waals surface area contributed by atoms with Crippen molar-refractivity contribution in [3.8, 4) is 5.75 Å². The zero-order valence-electron chi connectivity index (χ0n) is 14.6. The van der Waals surface area contributed by atoms with Crippen LogP contribution >= 0.6 is 0 Å². The van der Waals surface area contributed by atoms with E-state index in [0.29, 0.717) is 12.0 Å². The number of nitrogens with zero attached hydrogens (tertiary/aromatic N) is 2. The lowest BCUT2D eigenvalue weighted by Gasteiger charge is -2.15. The first-order valence-corrected chi connectivity index (χ1v) is 9.44. The Balaban J connectivity index is 0.000000470. The lowest BCUT2D eigenvalue weighted by atomic mass is 10.2. The average molecular weight is 358 g/mol. The van der Waals surface area contributed by atoms with Gasteiger partial charge in [0.15, 0.2) is 16.1 Å². The van der Waals surface area contributed by atoms with Crippen molar-refractivity contribution in [1.29, 1.82) is 0 Å². The number of ether oxygens (including phenoxy) is 1. The number of benzene rings is 1. The van der Waals surface area contributed by atoms with Gasteiger partial charge >= 0.3 is 0 Å². The Hall–Kier alpha value is -1.93. The van der Waals surface area contributed by atoms with Crippen molar-refractivity contribution in [2.75, 3.05) is 33.0 Å². The molecule has 1 rings (SSSR count). The van der Waals surface area contributed by atoms with E-state index < -0.39 is 9.84 Å². The van der Waals surface area contributed by atoms with Gasteiger partial charge in [0, 0.05) is 19.0 Å². The van der Waals surface area contributed by atoms with Crippen molar-refractivity contribution in [2.24, 2.45) is 5.16 Å². The predicted molar refractivity (Wildman–Crippen MR) is 94.2 cm³/mol. The SMILES string of the molecule is CCN(CC)CCC=NO.COc1ccc(S(C)(=O)=O)cc1C=O. The molecule has 0 amide bonds. The van der Waals surface area contributed by atoms with E-state index in [1.165, 1.54) is 31.5 Å². The van der Waals surface area contributed by atoms with Gasteiger partial charge in [0.2, 0.25) is 0 Å². The van der Waals surface area contributed by atoms with Crippen LogP contribution in [0.25, 0.3) is 0 Å². The van der Waals surface area contributed by atoms with Gasteiger partial charge in [-0.3, -0.25) is 4.79 Å². The van der Waals surface area contributed by atoms with Crippen LogP contribution in [0.4, 0.5) is 0 Å². The molecule has 8 heteroatoms. The fourth-order valence-corrected chi connectivity index (χ4v) is 2.53. The molecule has 0 aliphatic carbocycles. The maximum Gasteiger partial charge on any atom is 0.175 e. The molecule has 136 valence electrons. The Labute approximate surface area is 143 Å². The van der Waals surface area contributed by atoms with E-state index in [-0.39, 0.29) is 10.5 Å². The lowest BCUT2D eigenvalue weighted by molar-refractivity contribution is 0.112. The molecule has 1 aromatic rings. The summed E-state index contributed by atoms with van der Waals surface area (Å²) in [5, 5.41) is 11.0. The van der Waals surface area contributed by atoms with Crippen LogP contribution in [0.1, 0.15) is 30.6 Å². The summed E-state index contributed by atoms with van der Waals surface area (Å²) < 4.78 is 27.2. The van der Waals surface area contributed by atoms with E-state index in [1.807, 2.05) is 0 Å². The standard InChI is InChI=1S/C9H10O4S.C7H16N2O/c1-13-9-4-3-8(14(2,11)12)5-7(9)6-10;1-3-9(4-2)7-5-6-8-10/h3-6H,1-2H3;6,10H,3-5,7H2,1-2H3. The predicted octanol–water partition coefficient (Wildman–Crippen LogP) is 2.09. The molecule has 1 N–H and O–H groups in total. The first kappa shape index (κ1) is 22.1. The van der Waals surface area contributed by atoms with Gasteiger partial charge in [0.1, 0.15) is 5.75 Å². The zero-order chi connectivity index (χ0) is 18.6. The summed E-state index contributed by atoms with van der Waals surface area (Å²) in [6.45, 7) is 7.36. The molecule has 0 aliphatic heterocycles. The van der Waals surface area contributed by atoms with Gasteiger partial charge in [-0.05, 0) is 37.7 Å². The second kappa shape index (κ2) is 11.6. The van der Waals surface area contributed by atoms with Gasteiger partial charge in [0.05, 0.1) is 17.6 Å². The minimum atomic E-state index is -3.27. The quantitative estimate of drug-likeness (QED) is 0.331. The van der Waals surface area contributed by atoms with Gasteiger partial charge in [-0.15, -0.1) is 5.16 Å². The van der Waals surface area contributed by atoms with E-state index in [1.54, 1.807) is 0 Å². The van der Waals surface area contributed by atoms with Gasteiger partial charge < -0.3 is 14.8 Å². The fraction of sp³-hybridized carbons (Fsp3) is 0.500. The van der Waals surface area contributed by atoms with Crippen LogP contribution in [0.2, 0.25) is 0 Å². The second-order valence-electron chi connectivity index (χ2n) is 4.91. The maximum absolute atomic E-state index is 11.1. The molecule has 0 unspecified atom stereocenters. The van der Waals surface area contributed by atoms with Crippen molar-refractivity contribution in [3.63, 3.8) is 0 Å². The van der Waals surface area contributed by atoms with Crippen LogP contribution in [0.3, 0.4) is 0 Å². The molecule has 0 atom stereocenters. The smallest absolute Gasteiger partial charge is 0.175 e. The van der Waals surface area contributed by atoms with Crippen molar-refractivity contribution >= 4 is 22.3 Å². The summed E-state index contributed by atoms with van der Waals surface area (Å²) >= 11 is 0. The van der Waals surface area contributed by atoms with Gasteiger partial charge in [0.25, 0.3) is 0 Å². The fourth-order valence-electron chi connectivity index (χ4n) is 1.87. The van der Waals surface area contributed by atoms with Crippen LogP contribution < -0.4 is 4.74 Å². The van der Waals surface area contributed by atoms with E-state index in [0.717, 1.165) is 32.3 Å². The molecular weight excluding hydrogens is 332 g/mol.